The van der Waals surface area contributed by atoms with Crippen molar-refractivity contribution < 1.29 is 12.6 Å². The summed E-state index contributed by atoms with van der Waals surface area (Å²) in [5.41, 5.74) is 1.52. The van der Waals surface area contributed by atoms with Crippen molar-refractivity contribution in [1.82, 2.24) is 4.98 Å². The summed E-state index contributed by atoms with van der Waals surface area (Å²) >= 11 is 3.25. The van der Waals surface area contributed by atoms with Gasteiger partial charge in [0.2, 0.25) is 0 Å². The maximum absolute atomic E-state index is 10.7. The number of nitrogens with zero attached hydrogens (tertiary/aromatic N) is 1. The largest absolute Gasteiger partial charge is 0.265 e. The Bertz CT molecular complexity index is 430. The fourth-order valence-corrected chi connectivity index (χ4v) is 1.59. The van der Waals surface area contributed by atoms with Gasteiger partial charge in [-0.1, -0.05) is 0 Å². The normalized spacial score (nSPS) is 11.6. The van der Waals surface area contributed by atoms with Crippen LogP contribution in [0, 0.1) is 6.92 Å². The van der Waals surface area contributed by atoms with Crippen LogP contribution >= 0.6 is 15.9 Å². The van der Waals surface area contributed by atoms with Crippen molar-refractivity contribution in [3.8, 4) is 0 Å². The fourth-order valence-electron chi connectivity index (χ4n) is 0.866. The van der Waals surface area contributed by atoms with E-state index in [1.807, 2.05) is 0 Å². The molecule has 0 atom stereocenters. The number of rotatable bonds is 3. The highest BCUT2D eigenvalue weighted by Crippen LogP contribution is 2.14. The summed E-state index contributed by atoms with van der Waals surface area (Å²) in [7, 11) is -3.40. The van der Waals surface area contributed by atoms with E-state index in [1.54, 1.807) is 19.2 Å². The van der Waals surface area contributed by atoms with Crippen LogP contribution in [0.3, 0.4) is 0 Å². The molecule has 4 nitrogen and oxygen atoms in total. The highest BCUT2D eigenvalue weighted by Gasteiger charge is 2.05. The first-order valence-corrected chi connectivity index (χ1v) is 6.45. The van der Waals surface area contributed by atoms with Gasteiger partial charge in [0.25, 0.3) is 10.1 Å². The fraction of sp³-hybridized carbons (Fsp3) is 0.375. The van der Waals surface area contributed by atoms with E-state index in [0.717, 1.165) is 22.0 Å². The second-order valence-corrected chi connectivity index (χ2v) is 5.42. The lowest BCUT2D eigenvalue weighted by Crippen LogP contribution is -2.04. The topological polar surface area (TPSA) is 56.3 Å². The number of hydrogen-bond donors (Lipinski definition) is 0. The molecule has 14 heavy (non-hydrogen) atoms. The minimum atomic E-state index is -3.40. The van der Waals surface area contributed by atoms with E-state index in [9.17, 15) is 8.42 Å². The molecule has 0 radical (unpaired) electrons. The molecule has 0 saturated heterocycles. The molecule has 0 fully saturated rings. The Morgan fingerprint density at radius 3 is 2.79 bits per heavy atom. The number of hydrogen-bond acceptors (Lipinski definition) is 4. The van der Waals surface area contributed by atoms with E-state index >= 15 is 0 Å². The molecule has 0 saturated carbocycles. The molecule has 6 heteroatoms. The van der Waals surface area contributed by atoms with Gasteiger partial charge < -0.3 is 0 Å². The summed E-state index contributed by atoms with van der Waals surface area (Å²) < 4.78 is 27.0. The lowest BCUT2D eigenvalue weighted by molar-refractivity contribution is 0.310. The molecule has 0 amide bonds. The second kappa shape index (κ2) is 4.37. The van der Waals surface area contributed by atoms with E-state index < -0.39 is 10.1 Å². The first kappa shape index (κ1) is 11.6. The van der Waals surface area contributed by atoms with Crippen molar-refractivity contribution in [3.63, 3.8) is 0 Å². The summed E-state index contributed by atoms with van der Waals surface area (Å²) in [4.78, 5) is 4.06. The van der Waals surface area contributed by atoms with Gasteiger partial charge in [0.1, 0.15) is 0 Å². The SMILES string of the molecule is Cc1ncc(Br)cc1COS(C)(=O)=O. The lowest BCUT2D eigenvalue weighted by atomic mass is 10.2. The van der Waals surface area contributed by atoms with Gasteiger partial charge in [-0.25, -0.2) is 0 Å². The maximum Gasteiger partial charge on any atom is 0.264 e. The van der Waals surface area contributed by atoms with Crippen molar-refractivity contribution in [3.05, 3.63) is 28.0 Å². The third-order valence-electron chi connectivity index (χ3n) is 1.59. The van der Waals surface area contributed by atoms with E-state index in [1.165, 1.54) is 0 Å². The number of aromatic nitrogens is 1. The molecule has 1 aromatic rings. The van der Waals surface area contributed by atoms with Crippen molar-refractivity contribution >= 4 is 26.0 Å². The van der Waals surface area contributed by atoms with E-state index in [4.69, 9.17) is 0 Å². The molecule has 0 unspecified atom stereocenters. The van der Waals surface area contributed by atoms with Gasteiger partial charge >= 0.3 is 0 Å². The Kier molecular flexibility index (Phi) is 3.63. The molecule has 0 aromatic carbocycles. The van der Waals surface area contributed by atoms with Crippen LogP contribution in [0.1, 0.15) is 11.3 Å². The Balaban J connectivity index is 2.81. The first-order valence-electron chi connectivity index (χ1n) is 3.84. The van der Waals surface area contributed by atoms with Crippen LogP contribution in [0.25, 0.3) is 0 Å². The minimum absolute atomic E-state index is 0.0249. The van der Waals surface area contributed by atoms with Gasteiger partial charge in [-0.3, -0.25) is 9.17 Å². The maximum atomic E-state index is 10.7. The Labute approximate surface area is 91.6 Å². The molecule has 78 valence electrons. The summed E-state index contributed by atoms with van der Waals surface area (Å²) in [6.07, 6.45) is 2.67. The van der Waals surface area contributed by atoms with Crippen LogP contribution in [0.4, 0.5) is 0 Å². The predicted molar refractivity (Wildman–Crippen MR) is 56.3 cm³/mol. The zero-order valence-electron chi connectivity index (χ0n) is 7.82. The number of halogens is 1. The van der Waals surface area contributed by atoms with Crippen LogP contribution in [-0.2, 0) is 20.9 Å². The van der Waals surface area contributed by atoms with Crippen LogP contribution < -0.4 is 0 Å². The Hall–Kier alpha value is -0.460. The molecular formula is C8H10BrNO3S. The molecule has 0 aliphatic carbocycles. The molecule has 0 aliphatic rings. The van der Waals surface area contributed by atoms with Crippen LogP contribution in [-0.4, -0.2) is 19.7 Å². The molecule has 1 aromatic heterocycles. The van der Waals surface area contributed by atoms with Crippen molar-refractivity contribution in [1.29, 1.82) is 0 Å². The van der Waals surface area contributed by atoms with Gasteiger partial charge in [-0.2, -0.15) is 8.42 Å². The third-order valence-corrected chi connectivity index (χ3v) is 2.57. The molecule has 0 bridgehead atoms. The van der Waals surface area contributed by atoms with Crippen molar-refractivity contribution in [2.45, 2.75) is 13.5 Å². The van der Waals surface area contributed by atoms with Gasteiger partial charge in [0, 0.05) is 21.9 Å². The third kappa shape index (κ3) is 3.73. The minimum Gasteiger partial charge on any atom is -0.265 e. The highest BCUT2D eigenvalue weighted by atomic mass is 79.9. The summed E-state index contributed by atoms with van der Waals surface area (Å²) in [6.45, 7) is 1.82. The summed E-state index contributed by atoms with van der Waals surface area (Å²) in [5, 5.41) is 0. The standard InChI is InChI=1S/C8H10BrNO3S/c1-6-7(3-8(9)4-10-6)5-13-14(2,11)12/h3-4H,5H2,1-2H3. The van der Waals surface area contributed by atoms with E-state index in [0.29, 0.717) is 0 Å². The summed E-state index contributed by atoms with van der Waals surface area (Å²) in [5.74, 6) is 0. The molecule has 0 spiro atoms. The lowest BCUT2D eigenvalue weighted by Gasteiger charge is -2.04. The zero-order chi connectivity index (χ0) is 10.8. The quantitative estimate of drug-likeness (QED) is 0.790. The zero-order valence-corrected chi connectivity index (χ0v) is 10.2. The monoisotopic (exact) mass is 279 g/mol. The molecule has 0 aliphatic heterocycles. The van der Waals surface area contributed by atoms with Crippen molar-refractivity contribution in [2.24, 2.45) is 0 Å². The van der Waals surface area contributed by atoms with Gasteiger partial charge in [-0.05, 0) is 28.9 Å². The van der Waals surface area contributed by atoms with Gasteiger partial charge in [-0.15, -0.1) is 0 Å². The molecule has 1 heterocycles. The van der Waals surface area contributed by atoms with Crippen molar-refractivity contribution in [2.75, 3.05) is 6.26 Å². The van der Waals surface area contributed by atoms with E-state index in [2.05, 4.69) is 25.1 Å². The van der Waals surface area contributed by atoms with Crippen LogP contribution in [0.15, 0.2) is 16.7 Å². The van der Waals surface area contributed by atoms with Gasteiger partial charge in [0.15, 0.2) is 0 Å². The van der Waals surface area contributed by atoms with Crippen LogP contribution in [0.2, 0.25) is 0 Å². The Morgan fingerprint density at radius 2 is 2.21 bits per heavy atom. The highest BCUT2D eigenvalue weighted by molar-refractivity contribution is 9.10. The Morgan fingerprint density at radius 1 is 1.57 bits per heavy atom. The first-order chi connectivity index (χ1) is 6.38. The smallest absolute Gasteiger partial charge is 0.264 e. The average Bonchev–Trinajstić information content (AvgIpc) is 2.05. The second-order valence-electron chi connectivity index (χ2n) is 2.86. The van der Waals surface area contributed by atoms with E-state index in [-0.39, 0.29) is 6.61 Å². The van der Waals surface area contributed by atoms with Crippen LogP contribution in [0.5, 0.6) is 0 Å². The average molecular weight is 280 g/mol. The number of aryl methyl sites for hydroxylation is 1. The van der Waals surface area contributed by atoms with Gasteiger partial charge in [0.05, 0.1) is 12.9 Å². The summed E-state index contributed by atoms with van der Waals surface area (Å²) in [6, 6.07) is 1.79. The number of pyridine rings is 1. The molecular weight excluding hydrogens is 270 g/mol. The predicted octanol–water partition coefficient (Wildman–Crippen LogP) is 1.63. The molecule has 1 rings (SSSR count). The molecule has 0 N–H and O–H groups in total.